The Morgan fingerprint density at radius 3 is 2.31 bits per heavy atom. The zero-order valence-electron chi connectivity index (χ0n) is 15.1. The summed E-state index contributed by atoms with van der Waals surface area (Å²) in [6, 6.07) is 4.24. The standard InChI is InChI=1S/C18H26F3N3O.ClH/c1-13(24-11-8-14(9-12-24)7-10-22-2)17(25)23-16-5-3-15(4-6-16)18(19,20)21;/h3-6,13-14,22H,7-12H2,1-2H3,(H,23,25);1H. The van der Waals surface area contributed by atoms with Gasteiger partial charge >= 0.3 is 6.18 Å². The number of alkyl halides is 3. The number of rotatable bonds is 6. The third kappa shape index (κ3) is 6.45. The van der Waals surface area contributed by atoms with E-state index in [2.05, 4.69) is 15.5 Å². The molecular formula is C18H27ClF3N3O. The van der Waals surface area contributed by atoms with E-state index in [0.717, 1.165) is 51.0 Å². The Morgan fingerprint density at radius 2 is 1.81 bits per heavy atom. The lowest BCUT2D eigenvalue weighted by molar-refractivity contribution is -0.137. The molecule has 1 atom stereocenters. The van der Waals surface area contributed by atoms with Crippen molar-refractivity contribution < 1.29 is 18.0 Å². The van der Waals surface area contributed by atoms with Gasteiger partial charge in [0, 0.05) is 5.69 Å². The molecule has 0 spiro atoms. The Morgan fingerprint density at radius 1 is 1.23 bits per heavy atom. The first kappa shape index (κ1) is 22.7. The molecule has 1 aromatic rings. The van der Waals surface area contributed by atoms with Crippen molar-refractivity contribution in [1.82, 2.24) is 10.2 Å². The van der Waals surface area contributed by atoms with Gasteiger partial charge in [-0.25, -0.2) is 0 Å². The summed E-state index contributed by atoms with van der Waals surface area (Å²) in [6.45, 7) is 4.59. The molecule has 1 aromatic carbocycles. The summed E-state index contributed by atoms with van der Waals surface area (Å²) in [4.78, 5) is 14.5. The molecule has 2 N–H and O–H groups in total. The van der Waals surface area contributed by atoms with Crippen molar-refractivity contribution in [2.24, 2.45) is 5.92 Å². The fourth-order valence-corrected chi connectivity index (χ4v) is 3.13. The molecular weight excluding hydrogens is 367 g/mol. The van der Waals surface area contributed by atoms with Gasteiger partial charge in [0.25, 0.3) is 0 Å². The highest BCUT2D eigenvalue weighted by Crippen LogP contribution is 2.30. The summed E-state index contributed by atoms with van der Waals surface area (Å²) in [7, 11) is 1.95. The van der Waals surface area contributed by atoms with Gasteiger partial charge in [0.2, 0.25) is 5.91 Å². The van der Waals surface area contributed by atoms with Gasteiger partial charge in [-0.05, 0) is 83.1 Å². The number of piperidine rings is 1. The minimum atomic E-state index is -4.37. The second-order valence-electron chi connectivity index (χ2n) is 6.61. The van der Waals surface area contributed by atoms with Crippen molar-refractivity contribution >= 4 is 24.0 Å². The van der Waals surface area contributed by atoms with E-state index < -0.39 is 11.7 Å². The minimum Gasteiger partial charge on any atom is -0.325 e. The molecule has 0 radical (unpaired) electrons. The topological polar surface area (TPSA) is 44.4 Å². The van der Waals surface area contributed by atoms with Crippen LogP contribution in [0.5, 0.6) is 0 Å². The number of halogens is 4. The zero-order chi connectivity index (χ0) is 18.4. The average molecular weight is 394 g/mol. The number of likely N-dealkylation sites (tertiary alicyclic amines) is 1. The lowest BCUT2D eigenvalue weighted by Crippen LogP contribution is -2.46. The number of benzene rings is 1. The first-order valence-electron chi connectivity index (χ1n) is 8.68. The lowest BCUT2D eigenvalue weighted by Gasteiger charge is -2.35. The summed E-state index contributed by atoms with van der Waals surface area (Å²) in [6.07, 6.45) is -1.08. The first-order chi connectivity index (χ1) is 11.8. The number of hydrogen-bond donors (Lipinski definition) is 2. The van der Waals surface area contributed by atoms with Gasteiger partial charge in [-0.3, -0.25) is 9.69 Å². The first-order valence-corrected chi connectivity index (χ1v) is 8.68. The van der Waals surface area contributed by atoms with E-state index in [1.807, 2.05) is 14.0 Å². The molecule has 8 heteroatoms. The Kier molecular flexibility index (Phi) is 8.86. The summed E-state index contributed by atoms with van der Waals surface area (Å²) < 4.78 is 37.7. The lowest BCUT2D eigenvalue weighted by atomic mass is 9.93. The number of anilines is 1. The maximum Gasteiger partial charge on any atom is 0.416 e. The van der Waals surface area contributed by atoms with Gasteiger partial charge in [-0.15, -0.1) is 12.4 Å². The van der Waals surface area contributed by atoms with Crippen molar-refractivity contribution in [3.05, 3.63) is 29.8 Å². The van der Waals surface area contributed by atoms with Crippen LogP contribution in [-0.4, -0.2) is 43.5 Å². The van der Waals surface area contributed by atoms with Gasteiger partial charge < -0.3 is 10.6 Å². The molecule has 1 aliphatic heterocycles. The van der Waals surface area contributed by atoms with Crippen LogP contribution in [0.15, 0.2) is 24.3 Å². The smallest absolute Gasteiger partial charge is 0.325 e. The van der Waals surface area contributed by atoms with Crippen LogP contribution < -0.4 is 10.6 Å². The molecule has 0 aliphatic carbocycles. The Bertz CT molecular complexity index is 558. The van der Waals surface area contributed by atoms with Crippen LogP contribution in [0.2, 0.25) is 0 Å². The third-order valence-corrected chi connectivity index (χ3v) is 4.86. The van der Waals surface area contributed by atoms with E-state index in [1.165, 1.54) is 12.1 Å². The van der Waals surface area contributed by atoms with E-state index in [-0.39, 0.29) is 24.4 Å². The number of nitrogens with zero attached hydrogens (tertiary/aromatic N) is 1. The molecule has 0 aromatic heterocycles. The van der Waals surface area contributed by atoms with Crippen molar-refractivity contribution in [2.45, 2.75) is 38.4 Å². The normalized spacial score (nSPS) is 17.4. The second kappa shape index (κ2) is 10.1. The zero-order valence-corrected chi connectivity index (χ0v) is 15.9. The van der Waals surface area contributed by atoms with Crippen LogP contribution in [-0.2, 0) is 11.0 Å². The van der Waals surface area contributed by atoms with Crippen LogP contribution in [0.1, 0.15) is 31.7 Å². The fraction of sp³-hybridized carbons (Fsp3) is 0.611. The molecule has 1 unspecified atom stereocenters. The fourth-order valence-electron chi connectivity index (χ4n) is 3.13. The molecule has 4 nitrogen and oxygen atoms in total. The predicted molar refractivity (Wildman–Crippen MR) is 99.6 cm³/mol. The molecule has 0 saturated carbocycles. The highest BCUT2D eigenvalue weighted by Gasteiger charge is 2.30. The monoisotopic (exact) mass is 393 g/mol. The van der Waals surface area contributed by atoms with Gasteiger partial charge in [-0.1, -0.05) is 0 Å². The SMILES string of the molecule is CNCCC1CCN(C(C)C(=O)Nc2ccc(C(F)(F)F)cc2)CC1.Cl. The van der Waals surface area contributed by atoms with E-state index in [1.54, 1.807) is 0 Å². The van der Waals surface area contributed by atoms with Crippen LogP contribution >= 0.6 is 12.4 Å². The van der Waals surface area contributed by atoms with E-state index in [4.69, 9.17) is 0 Å². The maximum absolute atomic E-state index is 12.6. The third-order valence-electron chi connectivity index (χ3n) is 4.86. The van der Waals surface area contributed by atoms with Crippen LogP contribution in [0.25, 0.3) is 0 Å². The number of amides is 1. The number of carbonyl (C=O) groups is 1. The number of nitrogens with one attached hydrogen (secondary N) is 2. The molecule has 1 fully saturated rings. The molecule has 1 heterocycles. The summed E-state index contributed by atoms with van der Waals surface area (Å²) in [5.41, 5.74) is -0.337. The Balaban J connectivity index is 0.00000338. The van der Waals surface area contributed by atoms with Crippen LogP contribution in [0.4, 0.5) is 18.9 Å². The van der Waals surface area contributed by atoms with E-state index in [9.17, 15) is 18.0 Å². The number of hydrogen-bond acceptors (Lipinski definition) is 3. The van der Waals surface area contributed by atoms with Crippen LogP contribution in [0.3, 0.4) is 0 Å². The largest absolute Gasteiger partial charge is 0.416 e. The number of carbonyl (C=O) groups excluding carboxylic acids is 1. The molecule has 1 amide bonds. The van der Waals surface area contributed by atoms with Gasteiger partial charge in [0.15, 0.2) is 0 Å². The molecule has 0 bridgehead atoms. The Hall–Kier alpha value is -1.31. The average Bonchev–Trinajstić information content (AvgIpc) is 2.59. The predicted octanol–water partition coefficient (Wildman–Crippen LogP) is 3.78. The highest BCUT2D eigenvalue weighted by molar-refractivity contribution is 5.94. The highest BCUT2D eigenvalue weighted by atomic mass is 35.5. The summed E-state index contributed by atoms with van der Waals surface area (Å²) in [5, 5.41) is 5.86. The molecule has 26 heavy (non-hydrogen) atoms. The second-order valence-corrected chi connectivity index (χ2v) is 6.61. The summed E-state index contributed by atoms with van der Waals surface area (Å²) in [5.74, 6) is 0.502. The van der Waals surface area contributed by atoms with Crippen molar-refractivity contribution in [1.29, 1.82) is 0 Å². The maximum atomic E-state index is 12.6. The van der Waals surface area contributed by atoms with Gasteiger partial charge in [0.1, 0.15) is 0 Å². The summed E-state index contributed by atoms with van der Waals surface area (Å²) >= 11 is 0. The quantitative estimate of drug-likeness (QED) is 0.773. The van der Waals surface area contributed by atoms with Gasteiger partial charge in [0.05, 0.1) is 11.6 Å². The van der Waals surface area contributed by atoms with E-state index in [0.29, 0.717) is 11.6 Å². The molecule has 1 saturated heterocycles. The van der Waals surface area contributed by atoms with Crippen molar-refractivity contribution in [2.75, 3.05) is 32.0 Å². The molecule has 148 valence electrons. The van der Waals surface area contributed by atoms with Gasteiger partial charge in [-0.2, -0.15) is 13.2 Å². The Labute approximate surface area is 158 Å². The van der Waals surface area contributed by atoms with Crippen LogP contribution in [0, 0.1) is 5.92 Å². The van der Waals surface area contributed by atoms with E-state index >= 15 is 0 Å². The molecule has 2 rings (SSSR count). The van der Waals surface area contributed by atoms with Crippen molar-refractivity contribution in [3.63, 3.8) is 0 Å². The van der Waals surface area contributed by atoms with Crippen molar-refractivity contribution in [3.8, 4) is 0 Å². The minimum absolute atomic E-state index is 0. The molecule has 1 aliphatic rings.